The maximum absolute atomic E-state index is 14.2. The van der Waals surface area contributed by atoms with E-state index >= 15 is 0 Å². The minimum Gasteiger partial charge on any atom is -0.309 e. The number of hydrogen-bond donors (Lipinski definition) is 0. The van der Waals surface area contributed by atoms with Crippen LogP contribution in [-0.4, -0.2) is 4.57 Å². The number of anilines is 3. The summed E-state index contributed by atoms with van der Waals surface area (Å²) in [5.74, 6) is -0.290. The lowest BCUT2D eigenvalue weighted by Crippen LogP contribution is -2.28. The highest BCUT2D eigenvalue weighted by molar-refractivity contribution is 7.26. The fraction of sp³-hybridized carbons (Fsp3) is 0.0182. The van der Waals surface area contributed by atoms with Gasteiger partial charge in [-0.15, -0.1) is 11.3 Å². The summed E-state index contributed by atoms with van der Waals surface area (Å²) in [4.78, 5) is 2.32. The van der Waals surface area contributed by atoms with E-state index in [0.717, 1.165) is 82.5 Å². The molecule has 4 heteroatoms. The highest BCUT2D eigenvalue weighted by atomic mass is 32.1. The van der Waals surface area contributed by atoms with Crippen molar-refractivity contribution < 1.29 is 11.2 Å². The molecule has 9 aromatic carbocycles. The van der Waals surface area contributed by atoms with Gasteiger partial charge in [0.05, 0.1) is 33.7 Å². The molecule has 12 rings (SSSR count). The molecule has 0 N–H and O–H groups in total. The molecule has 2 aromatic heterocycles. The van der Waals surface area contributed by atoms with Crippen LogP contribution >= 0.6 is 11.3 Å². The molecule has 0 fully saturated rings. The van der Waals surface area contributed by atoms with Gasteiger partial charge >= 0.3 is 0 Å². The first kappa shape index (κ1) is 29.0. The van der Waals surface area contributed by atoms with Crippen molar-refractivity contribution in [2.24, 2.45) is 0 Å². The zero-order valence-electron chi connectivity index (χ0n) is 36.5. The van der Waals surface area contributed by atoms with Crippen molar-refractivity contribution in [1.29, 1.82) is 0 Å². The van der Waals surface area contributed by atoms with Crippen LogP contribution in [0.3, 0.4) is 0 Å². The molecule has 1 unspecified atom stereocenters. The van der Waals surface area contributed by atoms with Crippen molar-refractivity contribution in [3.05, 3.63) is 240 Å². The van der Waals surface area contributed by atoms with Crippen LogP contribution in [0.2, 0.25) is 0 Å². The number of fused-ring (bicyclic) bond motifs is 9. The van der Waals surface area contributed by atoms with Crippen LogP contribution < -0.4 is 4.90 Å². The van der Waals surface area contributed by atoms with Crippen LogP contribution in [0.15, 0.2) is 212 Å². The fourth-order valence-corrected chi connectivity index (χ4v) is 10.8. The van der Waals surface area contributed by atoms with Gasteiger partial charge in [-0.2, -0.15) is 0 Å². The topological polar surface area (TPSA) is 8.17 Å². The lowest BCUT2D eigenvalue weighted by Gasteiger charge is -2.35. The lowest BCUT2D eigenvalue weighted by molar-refractivity contribution is 0.627. The molecule has 0 saturated heterocycles. The predicted molar refractivity (Wildman–Crippen MR) is 246 cm³/mol. The van der Waals surface area contributed by atoms with E-state index in [2.05, 4.69) is 113 Å². The van der Waals surface area contributed by atoms with E-state index in [9.17, 15) is 4.39 Å². The summed E-state index contributed by atoms with van der Waals surface area (Å²) < 4.78 is 62.5. The minimum absolute atomic E-state index is 0.0571. The molecule has 2 nitrogen and oxygen atoms in total. The molecular formula is C55H35FN2S. The van der Waals surface area contributed by atoms with Crippen molar-refractivity contribution in [1.82, 2.24) is 4.57 Å². The van der Waals surface area contributed by atoms with Crippen LogP contribution in [0.25, 0.3) is 58.8 Å². The molecule has 0 aliphatic heterocycles. The molecule has 0 saturated carbocycles. The van der Waals surface area contributed by atoms with Gasteiger partial charge in [0.1, 0.15) is 5.82 Å². The van der Waals surface area contributed by atoms with E-state index in [4.69, 9.17) is 6.85 Å². The van der Waals surface area contributed by atoms with Crippen molar-refractivity contribution in [2.45, 2.75) is 5.41 Å². The van der Waals surface area contributed by atoms with Gasteiger partial charge in [0.2, 0.25) is 0 Å². The number of benzene rings is 9. The monoisotopic (exact) mass is 779 g/mol. The van der Waals surface area contributed by atoms with Crippen molar-refractivity contribution in [3.63, 3.8) is 0 Å². The molecule has 0 bridgehead atoms. The maximum Gasteiger partial charge on any atom is 0.123 e. The Labute approximate surface area is 352 Å². The second-order valence-electron chi connectivity index (χ2n) is 15.0. The summed E-state index contributed by atoms with van der Waals surface area (Å²) >= 11 is 1.76. The Balaban J connectivity index is 1.17. The zero-order chi connectivity index (χ0) is 43.4. The number of halogens is 1. The fourth-order valence-electron chi connectivity index (χ4n) is 9.61. The Bertz CT molecular complexity index is 3700. The third-order valence-electron chi connectivity index (χ3n) is 12.0. The highest BCUT2D eigenvalue weighted by Crippen LogP contribution is 2.57. The van der Waals surface area contributed by atoms with Crippen LogP contribution in [0.5, 0.6) is 0 Å². The zero-order valence-corrected chi connectivity index (χ0v) is 32.3. The van der Waals surface area contributed by atoms with Gasteiger partial charge < -0.3 is 9.47 Å². The SMILES string of the molecule is [2H]c1ccc(C2(c3cc([2H])c([2H])c([2H])c3)c3ccccc3-c3ccc(N(c4ccc5c(c4)c4ccccc4n5-c4ccc(F)cc4)c4cccc5c4sc4ccccc45)cc32)cc1[2H]. The average Bonchev–Trinajstić information content (AvgIpc) is 3.96. The maximum atomic E-state index is 14.2. The molecule has 1 aliphatic carbocycles. The summed E-state index contributed by atoms with van der Waals surface area (Å²) in [7, 11) is 0. The number of nitrogens with zero attached hydrogens (tertiary/aromatic N) is 2. The molecule has 0 radical (unpaired) electrons. The third-order valence-corrected chi connectivity index (χ3v) is 13.2. The Kier molecular flexibility index (Phi) is 6.46. The molecule has 1 aliphatic rings. The van der Waals surface area contributed by atoms with Gasteiger partial charge in [-0.25, -0.2) is 4.39 Å². The molecule has 278 valence electrons. The Morgan fingerprint density at radius 1 is 0.492 bits per heavy atom. The third kappa shape index (κ3) is 4.97. The first-order chi connectivity index (χ1) is 31.2. The number of hydrogen-bond acceptors (Lipinski definition) is 2. The van der Waals surface area contributed by atoms with Crippen LogP contribution in [0, 0.1) is 5.82 Å². The summed E-state index contributed by atoms with van der Waals surface area (Å²) in [5.41, 5.74) is 9.74. The molecule has 59 heavy (non-hydrogen) atoms. The van der Waals surface area contributed by atoms with Gasteiger partial charge in [-0.05, 0) is 106 Å². The minimum atomic E-state index is -1.10. The smallest absolute Gasteiger partial charge is 0.123 e. The van der Waals surface area contributed by atoms with E-state index < -0.39 is 5.41 Å². The van der Waals surface area contributed by atoms with E-state index in [1.54, 1.807) is 35.6 Å². The number of aromatic nitrogens is 1. The van der Waals surface area contributed by atoms with Gasteiger partial charge in [-0.1, -0.05) is 139 Å². The largest absolute Gasteiger partial charge is 0.309 e. The van der Waals surface area contributed by atoms with Crippen LogP contribution in [0.1, 0.15) is 29.1 Å². The van der Waals surface area contributed by atoms with Gasteiger partial charge in [0.15, 0.2) is 0 Å². The highest BCUT2D eigenvalue weighted by Gasteiger charge is 2.46. The second kappa shape index (κ2) is 13.1. The van der Waals surface area contributed by atoms with Gasteiger partial charge in [0.25, 0.3) is 0 Å². The first-order valence-electron chi connectivity index (χ1n) is 22.1. The predicted octanol–water partition coefficient (Wildman–Crippen LogP) is 15.1. The van der Waals surface area contributed by atoms with Crippen molar-refractivity contribution in [2.75, 3.05) is 4.90 Å². The molecule has 2 heterocycles. The number of para-hydroxylation sites is 1. The summed E-state index contributed by atoms with van der Waals surface area (Å²) in [6.07, 6.45) is 0. The van der Waals surface area contributed by atoms with E-state index in [1.807, 2.05) is 42.5 Å². The molecule has 0 spiro atoms. The van der Waals surface area contributed by atoms with Crippen molar-refractivity contribution in [3.8, 4) is 16.8 Å². The van der Waals surface area contributed by atoms with Gasteiger partial charge in [0, 0.05) is 43.3 Å². The molecule has 0 amide bonds. The Hall–Kier alpha value is -7.27. The van der Waals surface area contributed by atoms with Gasteiger partial charge in [-0.3, -0.25) is 0 Å². The Morgan fingerprint density at radius 3 is 2.03 bits per heavy atom. The lowest BCUT2D eigenvalue weighted by atomic mass is 9.67. The first-order valence-corrected chi connectivity index (χ1v) is 20.4. The second-order valence-corrected chi connectivity index (χ2v) is 16.1. The number of rotatable bonds is 6. The quantitative estimate of drug-likeness (QED) is 0.163. The van der Waals surface area contributed by atoms with E-state index in [0.29, 0.717) is 5.56 Å². The molecule has 11 aromatic rings. The van der Waals surface area contributed by atoms with Crippen LogP contribution in [-0.2, 0) is 5.41 Å². The number of thiophene rings is 1. The van der Waals surface area contributed by atoms with Crippen molar-refractivity contribution >= 4 is 70.4 Å². The van der Waals surface area contributed by atoms with E-state index in [-0.39, 0.29) is 36.0 Å². The standard InChI is InChI=1S/C55H35FN2S/c56-38-26-28-39(29-27-38)58-50-23-11-8-19-44(50)47-34-40(31-33-51(47)58)57(52-24-13-21-46-45-20-9-12-25-53(45)59-54(46)52)41-30-32-43-42-18-7-10-22-48(42)55(49(43)35-41,36-14-3-1-4-15-36)37-16-5-2-6-17-37/h1-35H/i1D,2D,3D,4D,5D. The normalized spacial score (nSPS) is 15.8. The summed E-state index contributed by atoms with van der Waals surface area (Å²) in [5, 5.41) is 4.44. The summed E-state index contributed by atoms with van der Waals surface area (Å²) in [6, 6.07) is 59.7. The van der Waals surface area contributed by atoms with E-state index in [1.165, 1.54) is 22.2 Å². The molecule has 1 atom stereocenters. The summed E-state index contributed by atoms with van der Waals surface area (Å²) in [6.45, 7) is 0. The average molecular weight is 780 g/mol. The molecular weight excluding hydrogens is 740 g/mol. The van der Waals surface area contributed by atoms with Crippen LogP contribution in [0.4, 0.5) is 21.5 Å². The Morgan fingerprint density at radius 2 is 1.17 bits per heavy atom.